The van der Waals surface area contributed by atoms with E-state index in [1.165, 1.54) is 10.8 Å². The first-order valence-electron chi connectivity index (χ1n) is 10.1. The SMILES string of the molecule is O=P(CCc1cccc2ccccc12)(OCc1ccccc1)OCc1ccccc1. The summed E-state index contributed by atoms with van der Waals surface area (Å²) < 4.78 is 25.4. The van der Waals surface area contributed by atoms with E-state index in [4.69, 9.17) is 9.05 Å². The largest absolute Gasteiger partial charge is 0.331 e. The molecule has 0 heterocycles. The van der Waals surface area contributed by atoms with Gasteiger partial charge in [-0.25, -0.2) is 0 Å². The normalized spacial score (nSPS) is 11.6. The maximum Gasteiger partial charge on any atom is 0.331 e. The second-order valence-corrected chi connectivity index (χ2v) is 9.43. The van der Waals surface area contributed by atoms with Crippen LogP contribution in [-0.4, -0.2) is 6.16 Å². The highest BCUT2D eigenvalue weighted by molar-refractivity contribution is 7.53. The van der Waals surface area contributed by atoms with Crippen molar-refractivity contribution < 1.29 is 13.6 Å². The Morgan fingerprint density at radius 1 is 0.600 bits per heavy atom. The Bertz CT molecular complexity index is 1070. The van der Waals surface area contributed by atoms with Gasteiger partial charge in [0.05, 0.1) is 19.4 Å². The number of hydrogen-bond acceptors (Lipinski definition) is 3. The van der Waals surface area contributed by atoms with Crippen molar-refractivity contribution in [2.45, 2.75) is 19.6 Å². The van der Waals surface area contributed by atoms with Crippen LogP contribution in [0.1, 0.15) is 16.7 Å². The topological polar surface area (TPSA) is 35.5 Å². The first-order valence-corrected chi connectivity index (χ1v) is 11.9. The van der Waals surface area contributed by atoms with E-state index >= 15 is 0 Å². The standard InChI is InChI=1S/C26H25O3P/c27-30(28-20-22-10-3-1-4-11-22,29-21-23-12-5-2-6-13-23)19-18-25-16-9-15-24-14-7-8-17-26(24)25/h1-17H,18-21H2. The first-order chi connectivity index (χ1) is 14.7. The second kappa shape index (κ2) is 9.86. The molecule has 0 spiro atoms. The molecular formula is C26H25O3P. The van der Waals surface area contributed by atoms with Crippen molar-refractivity contribution in [1.82, 2.24) is 0 Å². The smallest absolute Gasteiger partial charge is 0.304 e. The van der Waals surface area contributed by atoms with Gasteiger partial charge in [0, 0.05) is 0 Å². The van der Waals surface area contributed by atoms with Crippen molar-refractivity contribution in [1.29, 1.82) is 0 Å². The molecule has 152 valence electrons. The van der Waals surface area contributed by atoms with E-state index in [-0.39, 0.29) is 13.2 Å². The highest BCUT2D eigenvalue weighted by atomic mass is 31.2. The molecule has 0 bridgehead atoms. The van der Waals surface area contributed by atoms with E-state index in [0.29, 0.717) is 12.6 Å². The minimum absolute atomic E-state index is 0.266. The molecule has 0 fully saturated rings. The van der Waals surface area contributed by atoms with Crippen LogP contribution in [0, 0.1) is 0 Å². The Labute approximate surface area is 177 Å². The van der Waals surface area contributed by atoms with Crippen molar-refractivity contribution in [2.24, 2.45) is 0 Å². The van der Waals surface area contributed by atoms with E-state index < -0.39 is 7.60 Å². The Kier molecular flexibility index (Phi) is 6.76. The van der Waals surface area contributed by atoms with Gasteiger partial charge in [-0.1, -0.05) is 103 Å². The predicted molar refractivity (Wildman–Crippen MR) is 123 cm³/mol. The molecule has 4 heteroatoms. The van der Waals surface area contributed by atoms with Crippen molar-refractivity contribution in [3.8, 4) is 0 Å². The van der Waals surface area contributed by atoms with Crippen LogP contribution in [0.3, 0.4) is 0 Å². The van der Waals surface area contributed by atoms with Crippen LogP contribution in [0.5, 0.6) is 0 Å². The van der Waals surface area contributed by atoms with Gasteiger partial charge in [-0.05, 0) is 33.9 Å². The fraction of sp³-hybridized carbons (Fsp3) is 0.154. The van der Waals surface area contributed by atoms with Gasteiger partial charge < -0.3 is 9.05 Å². The zero-order valence-electron chi connectivity index (χ0n) is 16.8. The zero-order chi connectivity index (χ0) is 20.7. The van der Waals surface area contributed by atoms with E-state index in [0.717, 1.165) is 16.7 Å². The maximum atomic E-state index is 13.6. The molecule has 0 aliphatic carbocycles. The van der Waals surface area contributed by atoms with Crippen LogP contribution in [0.2, 0.25) is 0 Å². The Morgan fingerprint density at radius 2 is 1.13 bits per heavy atom. The molecule has 0 amide bonds. The highest BCUT2D eigenvalue weighted by Crippen LogP contribution is 2.50. The molecule has 0 atom stereocenters. The number of hydrogen-bond donors (Lipinski definition) is 0. The fourth-order valence-corrected chi connectivity index (χ4v) is 4.97. The van der Waals surface area contributed by atoms with Gasteiger partial charge in [-0.2, -0.15) is 0 Å². The van der Waals surface area contributed by atoms with Gasteiger partial charge >= 0.3 is 7.60 Å². The monoisotopic (exact) mass is 416 g/mol. The summed E-state index contributed by atoms with van der Waals surface area (Å²) in [5.74, 6) is 0. The summed E-state index contributed by atoms with van der Waals surface area (Å²) in [6, 6.07) is 34.0. The zero-order valence-corrected chi connectivity index (χ0v) is 17.7. The first kappa shape index (κ1) is 20.6. The average molecular weight is 416 g/mol. The molecule has 4 aromatic rings. The molecule has 3 nitrogen and oxygen atoms in total. The predicted octanol–water partition coefficient (Wildman–Crippen LogP) is 7.01. The molecule has 0 N–H and O–H groups in total. The van der Waals surface area contributed by atoms with Crippen molar-refractivity contribution >= 4 is 18.4 Å². The van der Waals surface area contributed by atoms with Gasteiger partial charge in [0.15, 0.2) is 0 Å². The van der Waals surface area contributed by atoms with Gasteiger partial charge in [0.1, 0.15) is 0 Å². The van der Waals surface area contributed by atoms with Gasteiger partial charge in [-0.3, -0.25) is 4.57 Å². The molecule has 30 heavy (non-hydrogen) atoms. The lowest BCUT2D eigenvalue weighted by molar-refractivity contribution is 0.191. The van der Waals surface area contributed by atoms with E-state index in [1.54, 1.807) is 0 Å². The van der Waals surface area contributed by atoms with E-state index in [2.05, 4.69) is 24.3 Å². The molecule has 0 aliphatic heterocycles. The molecule has 4 aromatic carbocycles. The summed E-state index contributed by atoms with van der Waals surface area (Å²) in [4.78, 5) is 0. The lowest BCUT2D eigenvalue weighted by atomic mass is 10.0. The van der Waals surface area contributed by atoms with E-state index in [9.17, 15) is 4.57 Å². The van der Waals surface area contributed by atoms with Crippen LogP contribution >= 0.6 is 7.60 Å². The van der Waals surface area contributed by atoms with Crippen molar-refractivity contribution in [3.63, 3.8) is 0 Å². The number of rotatable bonds is 9. The summed E-state index contributed by atoms with van der Waals surface area (Å²) >= 11 is 0. The number of aryl methyl sites for hydroxylation is 1. The maximum absolute atomic E-state index is 13.6. The van der Waals surface area contributed by atoms with Crippen LogP contribution < -0.4 is 0 Å². The Hall–Kier alpha value is -2.71. The third kappa shape index (κ3) is 5.46. The average Bonchev–Trinajstić information content (AvgIpc) is 2.82. The highest BCUT2D eigenvalue weighted by Gasteiger charge is 2.25. The van der Waals surface area contributed by atoms with Crippen LogP contribution in [0.25, 0.3) is 10.8 Å². The second-order valence-electron chi connectivity index (χ2n) is 7.24. The lowest BCUT2D eigenvalue weighted by Crippen LogP contribution is -2.04. The third-order valence-corrected chi connectivity index (χ3v) is 6.89. The number of fused-ring (bicyclic) bond motifs is 1. The van der Waals surface area contributed by atoms with Gasteiger partial charge in [0.2, 0.25) is 0 Å². The molecule has 0 aliphatic rings. The summed E-state index contributed by atoms with van der Waals surface area (Å²) in [7, 11) is -3.29. The molecular weight excluding hydrogens is 391 g/mol. The molecule has 0 unspecified atom stereocenters. The van der Waals surface area contributed by atoms with Gasteiger partial charge in [-0.15, -0.1) is 0 Å². The fourth-order valence-electron chi connectivity index (χ4n) is 3.43. The van der Waals surface area contributed by atoms with Crippen molar-refractivity contribution in [3.05, 3.63) is 120 Å². The van der Waals surface area contributed by atoms with Crippen LogP contribution in [0.4, 0.5) is 0 Å². The number of benzene rings is 4. The molecule has 4 rings (SSSR count). The molecule has 0 aromatic heterocycles. The Morgan fingerprint density at radius 3 is 1.77 bits per heavy atom. The minimum Gasteiger partial charge on any atom is -0.304 e. The minimum atomic E-state index is -3.29. The summed E-state index contributed by atoms with van der Waals surface area (Å²) in [6.07, 6.45) is 0.961. The third-order valence-electron chi connectivity index (χ3n) is 5.08. The summed E-state index contributed by atoms with van der Waals surface area (Å²) in [5, 5.41) is 2.36. The van der Waals surface area contributed by atoms with Gasteiger partial charge in [0.25, 0.3) is 0 Å². The lowest BCUT2D eigenvalue weighted by Gasteiger charge is -2.19. The van der Waals surface area contributed by atoms with Crippen LogP contribution in [0.15, 0.2) is 103 Å². The van der Waals surface area contributed by atoms with Crippen molar-refractivity contribution in [2.75, 3.05) is 6.16 Å². The van der Waals surface area contributed by atoms with Crippen LogP contribution in [-0.2, 0) is 33.2 Å². The Balaban J connectivity index is 1.50. The molecule has 0 saturated heterocycles. The summed E-state index contributed by atoms with van der Waals surface area (Å²) in [6.45, 7) is 0.533. The quantitative estimate of drug-likeness (QED) is 0.275. The molecule has 0 radical (unpaired) electrons. The van der Waals surface area contributed by atoms with E-state index in [1.807, 2.05) is 78.9 Å². The molecule has 0 saturated carbocycles. The summed E-state index contributed by atoms with van der Waals surface area (Å²) in [5.41, 5.74) is 3.11.